The number of amides is 2. The van der Waals surface area contributed by atoms with E-state index in [0.29, 0.717) is 11.5 Å². The van der Waals surface area contributed by atoms with Gasteiger partial charge in [0.25, 0.3) is 0 Å². The number of carbonyl (C=O) groups excluding carboxylic acids is 1. The molecule has 0 aliphatic rings. The first-order chi connectivity index (χ1) is 13.2. The molecule has 0 saturated heterocycles. The molecule has 148 valence electrons. The molecule has 8 nitrogen and oxygen atoms in total. The Bertz CT molecular complexity index is 1060. The molecule has 2 atom stereocenters. The van der Waals surface area contributed by atoms with Crippen LogP contribution >= 0.6 is 0 Å². The highest BCUT2D eigenvalue weighted by Crippen LogP contribution is 2.19. The zero-order chi connectivity index (χ0) is 20.3. The highest BCUT2D eigenvalue weighted by molar-refractivity contribution is 7.92. The van der Waals surface area contributed by atoms with Gasteiger partial charge in [-0.2, -0.15) is 0 Å². The number of carbonyl (C=O) groups is 1. The average Bonchev–Trinajstić information content (AvgIpc) is 3.04. The Labute approximate surface area is 163 Å². The van der Waals surface area contributed by atoms with Crippen molar-refractivity contribution in [2.75, 3.05) is 11.0 Å². The number of fused-ring (bicyclic) bond motifs is 1. The standard InChI is InChI=1S/C19H23N5O3S/c1-12(14-7-6-8-15(11-14)24-28(3,26)27)20-19(25)21-13(2)18-22-16-9-4-5-10-17(16)23-18/h4-13,24H,1-3H3,(H,22,23)(H2,20,21,25)/t12-,13+/m0/s1. The molecular formula is C19H23N5O3S. The van der Waals surface area contributed by atoms with Gasteiger partial charge in [-0.25, -0.2) is 18.2 Å². The summed E-state index contributed by atoms with van der Waals surface area (Å²) in [4.78, 5) is 20.0. The summed E-state index contributed by atoms with van der Waals surface area (Å²) in [6.45, 7) is 3.67. The highest BCUT2D eigenvalue weighted by atomic mass is 32.2. The molecule has 0 saturated carbocycles. The van der Waals surface area contributed by atoms with E-state index in [9.17, 15) is 13.2 Å². The molecule has 3 rings (SSSR count). The molecule has 0 aliphatic carbocycles. The third-order valence-electron chi connectivity index (χ3n) is 4.20. The van der Waals surface area contributed by atoms with Crippen LogP contribution in [0.5, 0.6) is 0 Å². The van der Waals surface area contributed by atoms with Crippen molar-refractivity contribution in [3.63, 3.8) is 0 Å². The second-order valence-corrected chi connectivity index (χ2v) is 8.45. The van der Waals surface area contributed by atoms with E-state index in [1.807, 2.05) is 44.2 Å². The van der Waals surface area contributed by atoms with Crippen LogP contribution in [0.3, 0.4) is 0 Å². The van der Waals surface area contributed by atoms with E-state index in [1.165, 1.54) is 0 Å². The van der Waals surface area contributed by atoms with Gasteiger partial charge in [-0.3, -0.25) is 4.72 Å². The van der Waals surface area contributed by atoms with Gasteiger partial charge in [-0.05, 0) is 43.7 Å². The minimum atomic E-state index is -3.36. The molecule has 2 aromatic carbocycles. The summed E-state index contributed by atoms with van der Waals surface area (Å²) in [5.74, 6) is 0.670. The van der Waals surface area contributed by atoms with Crippen molar-refractivity contribution in [1.29, 1.82) is 0 Å². The van der Waals surface area contributed by atoms with Gasteiger partial charge < -0.3 is 15.6 Å². The number of rotatable bonds is 6. The minimum absolute atomic E-state index is 0.308. The summed E-state index contributed by atoms with van der Waals surface area (Å²) in [5, 5.41) is 5.71. The number of aromatic nitrogens is 2. The Morgan fingerprint density at radius 3 is 2.46 bits per heavy atom. The lowest BCUT2D eigenvalue weighted by Gasteiger charge is -2.18. The third-order valence-corrected chi connectivity index (χ3v) is 4.81. The van der Waals surface area contributed by atoms with E-state index < -0.39 is 10.0 Å². The molecule has 28 heavy (non-hydrogen) atoms. The second kappa shape index (κ2) is 7.89. The lowest BCUT2D eigenvalue weighted by atomic mass is 10.1. The molecule has 0 radical (unpaired) electrons. The number of anilines is 1. The van der Waals surface area contributed by atoms with Gasteiger partial charge >= 0.3 is 6.03 Å². The van der Waals surface area contributed by atoms with Gasteiger partial charge in [0.15, 0.2) is 0 Å². The maximum Gasteiger partial charge on any atom is 0.315 e. The van der Waals surface area contributed by atoms with E-state index in [4.69, 9.17) is 0 Å². The largest absolute Gasteiger partial charge is 0.340 e. The normalized spacial score (nSPS) is 13.7. The van der Waals surface area contributed by atoms with E-state index >= 15 is 0 Å². The molecule has 9 heteroatoms. The van der Waals surface area contributed by atoms with E-state index in [0.717, 1.165) is 22.9 Å². The van der Waals surface area contributed by atoms with Crippen molar-refractivity contribution in [1.82, 2.24) is 20.6 Å². The predicted octanol–water partition coefficient (Wildman–Crippen LogP) is 3.06. The van der Waals surface area contributed by atoms with E-state index in [1.54, 1.807) is 18.2 Å². The van der Waals surface area contributed by atoms with Crippen LogP contribution in [0.2, 0.25) is 0 Å². The van der Waals surface area contributed by atoms with Crippen LogP contribution in [0.4, 0.5) is 10.5 Å². The lowest BCUT2D eigenvalue weighted by Crippen LogP contribution is -2.38. The molecule has 4 N–H and O–H groups in total. The fourth-order valence-corrected chi connectivity index (χ4v) is 3.40. The minimum Gasteiger partial charge on any atom is -0.340 e. The van der Waals surface area contributed by atoms with Gasteiger partial charge in [-0.15, -0.1) is 0 Å². The van der Waals surface area contributed by atoms with Gasteiger partial charge in [0.05, 0.1) is 29.4 Å². The number of nitrogens with one attached hydrogen (secondary N) is 4. The molecule has 3 aromatic rings. The van der Waals surface area contributed by atoms with Crippen LogP contribution in [0.1, 0.15) is 37.3 Å². The van der Waals surface area contributed by atoms with Gasteiger partial charge in [0, 0.05) is 5.69 Å². The lowest BCUT2D eigenvalue weighted by molar-refractivity contribution is 0.234. The summed E-state index contributed by atoms with van der Waals surface area (Å²) in [7, 11) is -3.36. The Morgan fingerprint density at radius 1 is 1.04 bits per heavy atom. The number of nitrogens with zero attached hydrogens (tertiary/aromatic N) is 1. The molecule has 0 bridgehead atoms. The zero-order valence-electron chi connectivity index (χ0n) is 15.9. The van der Waals surface area contributed by atoms with Crippen molar-refractivity contribution in [2.45, 2.75) is 25.9 Å². The molecule has 0 unspecified atom stereocenters. The molecule has 2 amide bonds. The fourth-order valence-electron chi connectivity index (χ4n) is 2.85. The number of hydrogen-bond acceptors (Lipinski definition) is 4. The molecule has 1 aromatic heterocycles. The van der Waals surface area contributed by atoms with Crippen molar-refractivity contribution in [2.24, 2.45) is 0 Å². The summed E-state index contributed by atoms with van der Waals surface area (Å²) in [6, 6.07) is 13.6. The SMILES string of the molecule is C[C@H](NC(=O)N[C@H](C)c1nc2ccccc2[nH]1)c1cccc(NS(C)(=O)=O)c1. The first-order valence-electron chi connectivity index (χ1n) is 8.81. The van der Waals surface area contributed by atoms with Gasteiger partial charge in [0.2, 0.25) is 10.0 Å². The Hall–Kier alpha value is -3.07. The number of H-pyrrole nitrogens is 1. The number of aromatic amines is 1. The third kappa shape index (κ3) is 5.01. The average molecular weight is 401 g/mol. The first kappa shape index (κ1) is 19.7. The van der Waals surface area contributed by atoms with Crippen LogP contribution in [0.25, 0.3) is 11.0 Å². The maximum atomic E-state index is 12.4. The highest BCUT2D eigenvalue weighted by Gasteiger charge is 2.16. The number of para-hydroxylation sites is 2. The quantitative estimate of drug-likeness (QED) is 0.508. The van der Waals surface area contributed by atoms with Gasteiger partial charge in [0.1, 0.15) is 5.82 Å². The van der Waals surface area contributed by atoms with Crippen molar-refractivity contribution >= 4 is 32.8 Å². The molecule has 0 spiro atoms. The second-order valence-electron chi connectivity index (χ2n) is 6.70. The van der Waals surface area contributed by atoms with Crippen molar-refractivity contribution < 1.29 is 13.2 Å². The monoisotopic (exact) mass is 401 g/mol. The van der Waals surface area contributed by atoms with Crippen LogP contribution in [-0.2, 0) is 10.0 Å². The maximum absolute atomic E-state index is 12.4. The molecular weight excluding hydrogens is 378 g/mol. The van der Waals surface area contributed by atoms with E-state index in [-0.39, 0.29) is 18.1 Å². The summed E-state index contributed by atoms with van der Waals surface area (Å²) in [6.07, 6.45) is 1.09. The molecule has 0 aliphatic heterocycles. The number of sulfonamides is 1. The topological polar surface area (TPSA) is 116 Å². The van der Waals surface area contributed by atoms with Crippen molar-refractivity contribution in [3.05, 3.63) is 59.9 Å². The Kier molecular flexibility index (Phi) is 5.55. The Morgan fingerprint density at radius 2 is 1.75 bits per heavy atom. The Balaban J connectivity index is 1.63. The number of urea groups is 1. The summed E-state index contributed by atoms with van der Waals surface area (Å²) in [5.41, 5.74) is 2.98. The van der Waals surface area contributed by atoms with E-state index in [2.05, 4.69) is 25.3 Å². The van der Waals surface area contributed by atoms with Crippen LogP contribution in [0.15, 0.2) is 48.5 Å². The first-order valence-corrected chi connectivity index (χ1v) is 10.7. The summed E-state index contributed by atoms with van der Waals surface area (Å²) >= 11 is 0. The molecule has 0 fully saturated rings. The van der Waals surface area contributed by atoms with Crippen LogP contribution in [0, 0.1) is 0 Å². The molecule has 1 heterocycles. The number of imidazole rings is 1. The predicted molar refractivity (Wildman–Crippen MR) is 109 cm³/mol. The van der Waals surface area contributed by atoms with Gasteiger partial charge in [-0.1, -0.05) is 24.3 Å². The fraction of sp³-hybridized carbons (Fsp3) is 0.263. The van der Waals surface area contributed by atoms with Crippen LogP contribution < -0.4 is 15.4 Å². The number of hydrogen-bond donors (Lipinski definition) is 4. The number of benzene rings is 2. The van der Waals surface area contributed by atoms with Crippen LogP contribution in [-0.4, -0.2) is 30.7 Å². The van der Waals surface area contributed by atoms with Crippen molar-refractivity contribution in [3.8, 4) is 0 Å². The summed E-state index contributed by atoms with van der Waals surface area (Å²) < 4.78 is 25.2. The smallest absolute Gasteiger partial charge is 0.315 e. The zero-order valence-corrected chi connectivity index (χ0v) is 16.7.